The quantitative estimate of drug-likeness (QED) is 0.571. The van der Waals surface area contributed by atoms with Gasteiger partial charge in [-0.05, 0) is 26.0 Å². The van der Waals surface area contributed by atoms with Crippen LogP contribution in [0.5, 0.6) is 5.75 Å². The summed E-state index contributed by atoms with van der Waals surface area (Å²) in [6.45, 7) is 3.66. The molecular weight excluding hydrogens is 404 g/mol. The minimum Gasteiger partial charge on any atom is -0.469 e. The molecule has 8 nitrogen and oxygen atoms in total. The van der Waals surface area contributed by atoms with Crippen molar-refractivity contribution in [2.24, 2.45) is 18.0 Å². The van der Waals surface area contributed by atoms with Gasteiger partial charge in [0.2, 0.25) is 5.72 Å². The Morgan fingerprint density at radius 2 is 2.13 bits per heavy atom. The highest BCUT2D eigenvalue weighted by Gasteiger charge is 2.55. The fourth-order valence-electron chi connectivity index (χ4n) is 4.33. The van der Waals surface area contributed by atoms with E-state index in [1.807, 2.05) is 50.5 Å². The zero-order chi connectivity index (χ0) is 21.2. The Morgan fingerprint density at radius 1 is 1.37 bits per heavy atom. The number of methoxy groups -OCH3 is 1. The summed E-state index contributed by atoms with van der Waals surface area (Å²) in [4.78, 5) is 31.5. The van der Waals surface area contributed by atoms with Gasteiger partial charge in [-0.25, -0.2) is 4.99 Å². The van der Waals surface area contributed by atoms with Crippen molar-refractivity contribution in [1.29, 1.82) is 0 Å². The summed E-state index contributed by atoms with van der Waals surface area (Å²) in [7, 11) is 3.18. The maximum atomic E-state index is 13.5. The van der Waals surface area contributed by atoms with Gasteiger partial charge >= 0.3 is 5.97 Å². The molecule has 0 saturated carbocycles. The number of hydrogen-bond donors (Lipinski definition) is 0. The number of aromatic nitrogens is 3. The molecule has 5 rings (SSSR count). The largest absolute Gasteiger partial charge is 0.469 e. The van der Waals surface area contributed by atoms with Crippen LogP contribution in [0.15, 0.2) is 40.2 Å². The van der Waals surface area contributed by atoms with Gasteiger partial charge in [0.05, 0.1) is 23.4 Å². The lowest BCUT2D eigenvalue weighted by atomic mass is 9.81. The average molecular weight is 424 g/mol. The van der Waals surface area contributed by atoms with Crippen molar-refractivity contribution >= 4 is 23.4 Å². The fraction of sp³-hybridized carbons (Fsp3) is 0.333. The molecule has 0 saturated heterocycles. The number of thiazole rings is 1. The monoisotopic (exact) mass is 424 g/mol. The third-order valence-corrected chi connectivity index (χ3v) is 6.66. The molecule has 4 heterocycles. The molecule has 2 aromatic heterocycles. The maximum Gasteiger partial charge on any atom is 0.317 e. The van der Waals surface area contributed by atoms with Gasteiger partial charge in [0.25, 0.3) is 5.56 Å². The molecule has 2 aliphatic heterocycles. The van der Waals surface area contributed by atoms with E-state index in [0.717, 1.165) is 16.8 Å². The van der Waals surface area contributed by atoms with Crippen LogP contribution in [0.3, 0.4) is 0 Å². The van der Waals surface area contributed by atoms with E-state index < -0.39 is 23.7 Å². The first-order valence-electron chi connectivity index (χ1n) is 9.51. The van der Waals surface area contributed by atoms with E-state index in [1.54, 1.807) is 16.2 Å². The highest BCUT2D eigenvalue weighted by molar-refractivity contribution is 7.07. The maximum absolute atomic E-state index is 13.5. The zero-order valence-electron chi connectivity index (χ0n) is 16.9. The van der Waals surface area contributed by atoms with Crippen LogP contribution in [0.25, 0.3) is 6.08 Å². The van der Waals surface area contributed by atoms with E-state index in [4.69, 9.17) is 14.5 Å². The summed E-state index contributed by atoms with van der Waals surface area (Å²) in [6, 6.07) is 6.88. The summed E-state index contributed by atoms with van der Waals surface area (Å²) < 4.78 is 15.1. The number of para-hydroxylation sites is 1. The van der Waals surface area contributed by atoms with Gasteiger partial charge in [-0.2, -0.15) is 5.10 Å². The Morgan fingerprint density at radius 3 is 2.83 bits per heavy atom. The summed E-state index contributed by atoms with van der Waals surface area (Å²) in [5.41, 5.74) is 1.11. The molecule has 0 spiro atoms. The third kappa shape index (κ3) is 2.58. The van der Waals surface area contributed by atoms with E-state index in [0.29, 0.717) is 15.1 Å². The number of fused-ring (bicyclic) bond motifs is 6. The Hall–Kier alpha value is -3.20. The standard InChI is InChI=1S/C21H20N4O4S/c1-11-12(10-24(3)23-11)9-15-18(26)25-17-13-7-5-6-8-14(13)29-21(2,22-20(25)30-15)16(17)19(27)28-4/h5-10,16-17H,1-4H3/t16-,17-,21-/m1/s1. The second kappa shape index (κ2) is 6.40. The number of aryl methyl sites for hydroxylation is 2. The Kier molecular flexibility index (Phi) is 4.01. The normalized spacial score (nSPS) is 24.5. The first kappa shape index (κ1) is 18.8. The Balaban J connectivity index is 1.81. The molecule has 0 unspecified atom stereocenters. The van der Waals surface area contributed by atoms with Gasteiger partial charge in [-0.1, -0.05) is 29.5 Å². The highest BCUT2D eigenvalue weighted by Crippen LogP contribution is 2.47. The molecule has 9 heteroatoms. The lowest BCUT2D eigenvalue weighted by Gasteiger charge is -2.44. The van der Waals surface area contributed by atoms with E-state index in [9.17, 15) is 9.59 Å². The van der Waals surface area contributed by atoms with Crippen LogP contribution in [0, 0.1) is 12.8 Å². The molecule has 30 heavy (non-hydrogen) atoms. The van der Waals surface area contributed by atoms with Gasteiger partial charge in [-0.3, -0.25) is 18.8 Å². The minimum absolute atomic E-state index is 0.195. The first-order chi connectivity index (χ1) is 14.3. The number of nitrogens with zero attached hydrogens (tertiary/aromatic N) is 4. The van der Waals surface area contributed by atoms with Crippen molar-refractivity contribution < 1.29 is 14.3 Å². The predicted molar refractivity (Wildman–Crippen MR) is 110 cm³/mol. The Labute approximate surface area is 175 Å². The van der Waals surface area contributed by atoms with Crippen LogP contribution < -0.4 is 19.6 Å². The zero-order valence-corrected chi connectivity index (χ0v) is 17.8. The molecule has 0 amide bonds. The summed E-state index contributed by atoms with van der Waals surface area (Å²) in [5, 5.41) is 4.34. The second-order valence-electron chi connectivity index (χ2n) is 7.66. The first-order valence-corrected chi connectivity index (χ1v) is 10.3. The van der Waals surface area contributed by atoms with E-state index in [1.165, 1.54) is 18.4 Å². The number of esters is 1. The van der Waals surface area contributed by atoms with Gasteiger partial charge in [-0.15, -0.1) is 0 Å². The van der Waals surface area contributed by atoms with E-state index >= 15 is 0 Å². The molecule has 3 atom stereocenters. The van der Waals surface area contributed by atoms with Crippen LogP contribution in [0.1, 0.15) is 29.8 Å². The van der Waals surface area contributed by atoms with Crippen LogP contribution in [0.2, 0.25) is 0 Å². The van der Waals surface area contributed by atoms with Crippen molar-refractivity contribution in [3.8, 4) is 5.75 Å². The highest BCUT2D eigenvalue weighted by atomic mass is 32.1. The molecule has 154 valence electrons. The van der Waals surface area contributed by atoms with Gasteiger partial charge < -0.3 is 9.47 Å². The lowest BCUT2D eigenvalue weighted by molar-refractivity contribution is -0.158. The van der Waals surface area contributed by atoms with Crippen LogP contribution in [0.4, 0.5) is 0 Å². The minimum atomic E-state index is -1.16. The van der Waals surface area contributed by atoms with Crippen LogP contribution in [-0.2, 0) is 16.6 Å². The number of carbonyl (C=O) groups excluding carboxylic acids is 1. The smallest absolute Gasteiger partial charge is 0.317 e. The summed E-state index contributed by atoms with van der Waals surface area (Å²) in [6.07, 6.45) is 3.69. The molecule has 2 aliphatic rings. The molecule has 0 aliphatic carbocycles. The molecular formula is C21H20N4O4S. The van der Waals surface area contributed by atoms with Gasteiger partial charge in [0.1, 0.15) is 11.7 Å². The summed E-state index contributed by atoms with van der Waals surface area (Å²) >= 11 is 1.29. The van der Waals surface area contributed by atoms with Crippen molar-refractivity contribution in [2.45, 2.75) is 25.6 Å². The number of hydrogen-bond acceptors (Lipinski definition) is 7. The van der Waals surface area contributed by atoms with Crippen LogP contribution >= 0.6 is 11.3 Å². The van der Waals surface area contributed by atoms with Crippen molar-refractivity contribution in [3.05, 3.63) is 67.0 Å². The van der Waals surface area contributed by atoms with E-state index in [-0.39, 0.29) is 5.56 Å². The molecule has 2 bridgehead atoms. The molecule has 0 fully saturated rings. The van der Waals surface area contributed by atoms with Gasteiger partial charge in [0, 0.05) is 24.4 Å². The lowest BCUT2D eigenvalue weighted by Crippen LogP contribution is -2.58. The SMILES string of the molecule is COC(=O)[C@H]1[C@H]2c3ccccc3O[C@@]1(C)N=c1sc(=Cc3cn(C)nc3C)c(=O)n12. The fourth-order valence-corrected chi connectivity index (χ4v) is 5.42. The summed E-state index contributed by atoms with van der Waals surface area (Å²) in [5.74, 6) is -0.616. The third-order valence-electron chi connectivity index (χ3n) is 5.67. The Bertz CT molecular complexity index is 1370. The number of carbonyl (C=O) groups is 1. The molecule has 1 aromatic carbocycles. The number of ether oxygens (including phenoxy) is 2. The predicted octanol–water partition coefficient (Wildman–Crippen LogP) is 0.901. The number of benzene rings is 1. The van der Waals surface area contributed by atoms with Crippen LogP contribution in [-0.4, -0.2) is 33.2 Å². The molecule has 3 aromatic rings. The number of rotatable bonds is 2. The van der Waals surface area contributed by atoms with Crippen molar-refractivity contribution in [1.82, 2.24) is 14.3 Å². The van der Waals surface area contributed by atoms with Gasteiger partial charge in [0.15, 0.2) is 4.80 Å². The average Bonchev–Trinajstić information content (AvgIpc) is 3.17. The molecule has 0 N–H and O–H groups in total. The van der Waals surface area contributed by atoms with Crippen molar-refractivity contribution in [3.63, 3.8) is 0 Å². The van der Waals surface area contributed by atoms with Crippen molar-refractivity contribution in [2.75, 3.05) is 7.11 Å². The molecule has 0 radical (unpaired) electrons. The second-order valence-corrected chi connectivity index (χ2v) is 8.67. The topological polar surface area (TPSA) is 87.7 Å². The van der Waals surface area contributed by atoms with E-state index in [2.05, 4.69) is 5.10 Å².